The van der Waals surface area contributed by atoms with Gasteiger partial charge in [0, 0.05) is 19.3 Å². The van der Waals surface area contributed by atoms with Crippen molar-refractivity contribution >= 4 is 17.9 Å². The maximum Gasteiger partial charge on any atom is 0.306 e. The van der Waals surface area contributed by atoms with Gasteiger partial charge in [-0.2, -0.15) is 0 Å². The molecule has 0 fully saturated rings. The van der Waals surface area contributed by atoms with Gasteiger partial charge in [0.15, 0.2) is 6.10 Å². The summed E-state index contributed by atoms with van der Waals surface area (Å²) in [6.07, 6.45) is 82.1. The highest BCUT2D eigenvalue weighted by Gasteiger charge is 2.19. The Hall–Kier alpha value is -5.23. The summed E-state index contributed by atoms with van der Waals surface area (Å²) in [4.78, 5) is 38.0. The zero-order chi connectivity index (χ0) is 50.0. The molecule has 0 aromatic rings. The molecule has 0 rings (SSSR count). The molecule has 0 amide bonds. The van der Waals surface area contributed by atoms with Gasteiger partial charge in [-0.3, -0.25) is 14.4 Å². The maximum absolute atomic E-state index is 12.8. The molecule has 0 saturated heterocycles. The van der Waals surface area contributed by atoms with Crippen LogP contribution in [0.3, 0.4) is 0 Å². The van der Waals surface area contributed by atoms with Gasteiger partial charge in [-0.05, 0) is 135 Å². The first-order valence-corrected chi connectivity index (χ1v) is 26.6. The number of unbranched alkanes of at least 4 members (excludes halogenated alkanes) is 6. The van der Waals surface area contributed by atoms with Crippen molar-refractivity contribution in [1.29, 1.82) is 0 Å². The van der Waals surface area contributed by atoms with Gasteiger partial charge in [-0.15, -0.1) is 0 Å². The molecule has 0 aliphatic carbocycles. The van der Waals surface area contributed by atoms with Gasteiger partial charge in [0.05, 0.1) is 0 Å². The molecule has 6 heteroatoms. The quantitative estimate of drug-likeness (QED) is 0.0262. The Morgan fingerprint density at radius 3 is 0.957 bits per heavy atom. The van der Waals surface area contributed by atoms with Gasteiger partial charge in [0.25, 0.3) is 0 Å². The molecular formula is C63H94O6. The second kappa shape index (κ2) is 55.4. The SMILES string of the molecule is CC/C=C\C/C=C\C/C=C\C/C=C\C/C=C\C/C=C\CCC(=O)OC[C@H](COC(=O)CCC/C=C\C/C=C\C/C=C\C/C=C\CCCCC)OC(=O)CCCC/C=C\C/C=C\C/C=C\C/C=C\CC. The van der Waals surface area contributed by atoms with Gasteiger partial charge in [-0.1, -0.05) is 204 Å². The third-order valence-corrected chi connectivity index (χ3v) is 10.2. The second-order valence-electron chi connectivity index (χ2n) is 16.7. The number of allylic oxidation sites excluding steroid dienone is 28. The fourth-order valence-corrected chi connectivity index (χ4v) is 6.27. The average molecular weight is 947 g/mol. The van der Waals surface area contributed by atoms with Crippen LogP contribution in [0.15, 0.2) is 170 Å². The number of carbonyl (C=O) groups excluding carboxylic acids is 3. The van der Waals surface area contributed by atoms with E-state index in [1.54, 1.807) is 0 Å². The van der Waals surface area contributed by atoms with Gasteiger partial charge in [-0.25, -0.2) is 0 Å². The number of hydrogen-bond acceptors (Lipinski definition) is 6. The van der Waals surface area contributed by atoms with Crippen molar-refractivity contribution in [1.82, 2.24) is 0 Å². The summed E-state index contributed by atoms with van der Waals surface area (Å²) in [6.45, 7) is 6.20. The molecule has 6 nitrogen and oxygen atoms in total. The van der Waals surface area contributed by atoms with E-state index in [1.807, 2.05) is 12.2 Å². The largest absolute Gasteiger partial charge is 0.462 e. The highest BCUT2D eigenvalue weighted by Crippen LogP contribution is 2.09. The van der Waals surface area contributed by atoms with Crippen LogP contribution in [0.2, 0.25) is 0 Å². The van der Waals surface area contributed by atoms with Crippen molar-refractivity contribution in [2.75, 3.05) is 13.2 Å². The van der Waals surface area contributed by atoms with Crippen LogP contribution in [0.5, 0.6) is 0 Å². The van der Waals surface area contributed by atoms with Crippen LogP contribution in [0.1, 0.15) is 188 Å². The van der Waals surface area contributed by atoms with E-state index in [2.05, 4.69) is 179 Å². The summed E-state index contributed by atoms with van der Waals surface area (Å²) in [5, 5.41) is 0. The Bertz CT molecular complexity index is 1650. The zero-order valence-corrected chi connectivity index (χ0v) is 43.5. The Labute approximate surface area is 422 Å². The summed E-state index contributed by atoms with van der Waals surface area (Å²) in [5.41, 5.74) is 0. The van der Waals surface area contributed by atoms with Crippen LogP contribution in [0.4, 0.5) is 0 Å². The third-order valence-electron chi connectivity index (χ3n) is 10.2. The zero-order valence-electron chi connectivity index (χ0n) is 43.5. The van der Waals surface area contributed by atoms with Crippen LogP contribution in [-0.2, 0) is 28.6 Å². The minimum atomic E-state index is -0.862. The van der Waals surface area contributed by atoms with Gasteiger partial charge < -0.3 is 14.2 Å². The number of ether oxygens (including phenoxy) is 3. The van der Waals surface area contributed by atoms with Crippen LogP contribution >= 0.6 is 0 Å². The molecule has 0 radical (unpaired) electrons. The molecule has 69 heavy (non-hydrogen) atoms. The Balaban J connectivity index is 4.69. The van der Waals surface area contributed by atoms with Crippen molar-refractivity contribution in [3.63, 3.8) is 0 Å². The molecule has 0 bridgehead atoms. The van der Waals surface area contributed by atoms with E-state index in [1.165, 1.54) is 25.7 Å². The molecular weight excluding hydrogens is 853 g/mol. The van der Waals surface area contributed by atoms with Gasteiger partial charge in [0.2, 0.25) is 0 Å². The molecule has 0 spiro atoms. The van der Waals surface area contributed by atoms with Crippen molar-refractivity contribution in [3.05, 3.63) is 170 Å². The van der Waals surface area contributed by atoms with Crippen molar-refractivity contribution in [3.8, 4) is 0 Å². The predicted octanol–water partition coefficient (Wildman–Crippen LogP) is 18.0. The summed E-state index contributed by atoms with van der Waals surface area (Å²) < 4.78 is 16.7. The highest BCUT2D eigenvalue weighted by molar-refractivity contribution is 5.71. The monoisotopic (exact) mass is 947 g/mol. The molecule has 0 aromatic heterocycles. The van der Waals surface area contributed by atoms with Crippen molar-refractivity contribution < 1.29 is 28.6 Å². The molecule has 382 valence electrons. The maximum atomic E-state index is 12.8. The molecule has 0 heterocycles. The van der Waals surface area contributed by atoms with E-state index in [0.717, 1.165) is 103 Å². The highest BCUT2D eigenvalue weighted by atomic mass is 16.6. The predicted molar refractivity (Wildman–Crippen MR) is 297 cm³/mol. The lowest BCUT2D eigenvalue weighted by molar-refractivity contribution is -0.166. The van der Waals surface area contributed by atoms with E-state index in [0.29, 0.717) is 19.3 Å². The smallest absolute Gasteiger partial charge is 0.306 e. The van der Waals surface area contributed by atoms with Gasteiger partial charge >= 0.3 is 17.9 Å². The van der Waals surface area contributed by atoms with E-state index in [4.69, 9.17) is 14.2 Å². The fourth-order valence-electron chi connectivity index (χ4n) is 6.27. The average Bonchev–Trinajstić information content (AvgIpc) is 3.35. The topological polar surface area (TPSA) is 78.9 Å². The minimum absolute atomic E-state index is 0.155. The third kappa shape index (κ3) is 53.6. The lowest BCUT2D eigenvalue weighted by Crippen LogP contribution is -2.30. The molecule has 0 unspecified atom stereocenters. The summed E-state index contributed by atoms with van der Waals surface area (Å²) in [7, 11) is 0. The normalized spacial score (nSPS) is 13.5. The number of carbonyl (C=O) groups is 3. The Kier molecular flexibility index (Phi) is 51.2. The molecule has 0 aliphatic rings. The molecule has 0 aliphatic heterocycles. The van der Waals surface area contributed by atoms with E-state index in [9.17, 15) is 14.4 Å². The Morgan fingerprint density at radius 2 is 0.594 bits per heavy atom. The first-order chi connectivity index (χ1) is 34.0. The lowest BCUT2D eigenvalue weighted by atomic mass is 10.2. The molecule has 0 N–H and O–H groups in total. The number of esters is 3. The van der Waals surface area contributed by atoms with Crippen LogP contribution < -0.4 is 0 Å². The Morgan fingerprint density at radius 1 is 0.304 bits per heavy atom. The summed E-state index contributed by atoms with van der Waals surface area (Å²) >= 11 is 0. The van der Waals surface area contributed by atoms with Gasteiger partial charge in [0.1, 0.15) is 13.2 Å². The van der Waals surface area contributed by atoms with Crippen molar-refractivity contribution in [2.45, 2.75) is 194 Å². The summed E-state index contributed by atoms with van der Waals surface area (Å²) in [6, 6.07) is 0. The standard InChI is InChI=1S/C63H94O6/c1-4-7-10-13-16-19-22-25-28-30-31-33-36-38-41-44-47-50-53-56-62(65)68-59-60(69-63(66)57-54-51-48-45-42-39-34-27-24-21-18-15-12-9-6-3)58-67-61(64)55-52-49-46-43-40-37-35-32-29-26-23-20-17-14-11-8-5-2/h7,9-10,12,16-21,25-29,31,33-35,37-38,41-43,45-47,50,60H,4-6,8,11,13-15,22-24,30,32,36,39-40,44,48-49,51-59H2,1-3H3/b10-7-,12-9-,19-16-,20-17-,21-18-,28-25-,29-26-,33-31-,34-27-,37-35-,41-38-,45-42-,46-43-,50-47-/t60-/m0/s1. The fraction of sp³-hybridized carbons (Fsp3) is 0.508. The minimum Gasteiger partial charge on any atom is -0.462 e. The van der Waals surface area contributed by atoms with Crippen LogP contribution in [0.25, 0.3) is 0 Å². The first-order valence-electron chi connectivity index (χ1n) is 26.6. The summed E-state index contributed by atoms with van der Waals surface area (Å²) in [5.74, 6) is -1.15. The lowest BCUT2D eigenvalue weighted by Gasteiger charge is -2.18. The van der Waals surface area contributed by atoms with Crippen molar-refractivity contribution in [2.24, 2.45) is 0 Å². The van der Waals surface area contributed by atoms with E-state index in [-0.39, 0.29) is 44.4 Å². The first kappa shape index (κ1) is 63.8. The molecule has 1 atom stereocenters. The molecule has 0 aromatic carbocycles. The number of rotatable bonds is 45. The van der Waals surface area contributed by atoms with Crippen LogP contribution in [-0.4, -0.2) is 37.2 Å². The second-order valence-corrected chi connectivity index (χ2v) is 16.7. The van der Waals surface area contributed by atoms with E-state index < -0.39 is 12.1 Å². The molecule has 0 saturated carbocycles. The number of hydrogen-bond donors (Lipinski definition) is 0. The van der Waals surface area contributed by atoms with E-state index >= 15 is 0 Å². The van der Waals surface area contributed by atoms with Crippen LogP contribution in [0, 0.1) is 0 Å².